The van der Waals surface area contributed by atoms with E-state index in [9.17, 15) is 9.59 Å². The van der Waals surface area contributed by atoms with Crippen LogP contribution in [0, 0.1) is 26.7 Å². The molecule has 0 spiro atoms. The molecule has 136 valence electrons. The Kier molecular flexibility index (Phi) is 5.40. The molecule has 0 aliphatic carbocycles. The summed E-state index contributed by atoms with van der Waals surface area (Å²) in [6.07, 6.45) is 1.41. The van der Waals surface area contributed by atoms with Crippen LogP contribution in [0.25, 0.3) is 0 Å². The van der Waals surface area contributed by atoms with Crippen LogP contribution >= 0.6 is 0 Å². The Bertz CT molecular complexity index is 821. The molecule has 0 bridgehead atoms. The van der Waals surface area contributed by atoms with E-state index in [1.54, 1.807) is 0 Å². The summed E-state index contributed by atoms with van der Waals surface area (Å²) in [5, 5.41) is 3.02. The number of carbonyl (C=O) groups excluding carboxylic acids is 2. The van der Waals surface area contributed by atoms with Gasteiger partial charge in [-0.1, -0.05) is 23.8 Å². The van der Waals surface area contributed by atoms with Crippen LogP contribution in [0.1, 0.15) is 39.9 Å². The average molecular weight is 350 g/mol. The van der Waals surface area contributed by atoms with E-state index in [0.29, 0.717) is 25.9 Å². The van der Waals surface area contributed by atoms with Gasteiger partial charge < -0.3 is 10.2 Å². The molecule has 2 aromatic rings. The second-order valence-corrected chi connectivity index (χ2v) is 7.22. The summed E-state index contributed by atoms with van der Waals surface area (Å²) in [6.45, 7) is 7.33. The lowest BCUT2D eigenvalue weighted by atomic mass is 9.95. The molecule has 0 unspecified atom stereocenters. The molecule has 1 N–H and O–H groups in total. The summed E-state index contributed by atoms with van der Waals surface area (Å²) >= 11 is 0. The first-order chi connectivity index (χ1) is 12.4. The van der Waals surface area contributed by atoms with E-state index in [0.717, 1.165) is 16.8 Å². The number of aryl methyl sites for hydroxylation is 3. The number of nitrogens with one attached hydrogen (secondary N) is 1. The van der Waals surface area contributed by atoms with Crippen LogP contribution in [0.2, 0.25) is 0 Å². The first-order valence-electron chi connectivity index (χ1n) is 9.18. The Morgan fingerprint density at radius 3 is 2.35 bits per heavy atom. The van der Waals surface area contributed by atoms with Crippen molar-refractivity contribution in [3.05, 3.63) is 64.7 Å². The lowest BCUT2D eigenvalue weighted by Gasteiger charge is -2.31. The summed E-state index contributed by atoms with van der Waals surface area (Å²) in [4.78, 5) is 27.0. The first kappa shape index (κ1) is 18.2. The molecular formula is C22H26N2O2. The van der Waals surface area contributed by atoms with Crippen LogP contribution in [-0.4, -0.2) is 29.8 Å². The highest BCUT2D eigenvalue weighted by atomic mass is 16.2. The lowest BCUT2D eigenvalue weighted by Crippen LogP contribution is -2.41. The Morgan fingerprint density at radius 2 is 1.69 bits per heavy atom. The number of nitrogens with zero attached hydrogens (tertiary/aromatic N) is 1. The number of hydrogen-bond acceptors (Lipinski definition) is 2. The maximum absolute atomic E-state index is 12.6. The fourth-order valence-corrected chi connectivity index (χ4v) is 3.37. The van der Waals surface area contributed by atoms with Gasteiger partial charge in [0, 0.05) is 30.3 Å². The second-order valence-electron chi connectivity index (χ2n) is 7.22. The van der Waals surface area contributed by atoms with Crippen molar-refractivity contribution in [3.8, 4) is 0 Å². The zero-order valence-corrected chi connectivity index (χ0v) is 15.7. The van der Waals surface area contributed by atoms with E-state index < -0.39 is 0 Å². The van der Waals surface area contributed by atoms with Crippen molar-refractivity contribution in [2.45, 2.75) is 33.6 Å². The number of amides is 2. The highest BCUT2D eigenvalue weighted by molar-refractivity contribution is 5.95. The summed E-state index contributed by atoms with van der Waals surface area (Å²) in [6, 6.07) is 13.6. The van der Waals surface area contributed by atoms with Crippen molar-refractivity contribution in [1.82, 2.24) is 4.90 Å². The number of benzene rings is 2. The molecule has 0 saturated carbocycles. The molecule has 2 amide bonds. The SMILES string of the molecule is Cc1cccc(C(=O)N2CCC(C(=O)Nc3ccc(C)c(C)c3)CC2)c1. The van der Waals surface area contributed by atoms with Crippen LogP contribution < -0.4 is 5.32 Å². The highest BCUT2D eigenvalue weighted by Crippen LogP contribution is 2.22. The standard InChI is InChI=1S/C22H26N2O2/c1-15-5-4-6-19(13-15)22(26)24-11-9-18(10-12-24)21(25)23-20-8-7-16(2)17(3)14-20/h4-8,13-14,18H,9-12H2,1-3H3,(H,23,25). The largest absolute Gasteiger partial charge is 0.339 e. The van der Waals surface area contributed by atoms with E-state index in [-0.39, 0.29) is 17.7 Å². The van der Waals surface area contributed by atoms with Gasteiger partial charge in [-0.15, -0.1) is 0 Å². The minimum absolute atomic E-state index is 0.0434. The van der Waals surface area contributed by atoms with Gasteiger partial charge in [-0.2, -0.15) is 0 Å². The van der Waals surface area contributed by atoms with Gasteiger partial charge in [0.2, 0.25) is 5.91 Å². The molecule has 1 aliphatic rings. The number of hydrogen-bond donors (Lipinski definition) is 1. The van der Waals surface area contributed by atoms with Crippen LogP contribution in [0.4, 0.5) is 5.69 Å². The highest BCUT2D eigenvalue weighted by Gasteiger charge is 2.27. The maximum atomic E-state index is 12.6. The third kappa shape index (κ3) is 4.13. The van der Waals surface area contributed by atoms with Gasteiger partial charge in [0.15, 0.2) is 0 Å². The molecule has 4 heteroatoms. The third-order valence-corrected chi connectivity index (χ3v) is 5.19. The fraction of sp³-hybridized carbons (Fsp3) is 0.364. The number of anilines is 1. The topological polar surface area (TPSA) is 49.4 Å². The van der Waals surface area contributed by atoms with Crippen molar-refractivity contribution in [3.63, 3.8) is 0 Å². The predicted molar refractivity (Wildman–Crippen MR) is 104 cm³/mol. The fourth-order valence-electron chi connectivity index (χ4n) is 3.37. The zero-order chi connectivity index (χ0) is 18.7. The van der Waals surface area contributed by atoms with Gasteiger partial charge in [0.25, 0.3) is 5.91 Å². The quantitative estimate of drug-likeness (QED) is 0.906. The smallest absolute Gasteiger partial charge is 0.253 e. The van der Waals surface area contributed by atoms with E-state index in [2.05, 4.69) is 12.2 Å². The van der Waals surface area contributed by atoms with Crippen LogP contribution in [0.5, 0.6) is 0 Å². The molecule has 4 nitrogen and oxygen atoms in total. The van der Waals surface area contributed by atoms with Crippen molar-refractivity contribution >= 4 is 17.5 Å². The molecule has 0 aromatic heterocycles. The van der Waals surface area contributed by atoms with E-state index in [1.165, 1.54) is 11.1 Å². The molecule has 3 rings (SSSR count). The first-order valence-corrected chi connectivity index (χ1v) is 9.18. The molecule has 1 aliphatic heterocycles. The molecule has 0 atom stereocenters. The normalized spacial score (nSPS) is 15.0. The van der Waals surface area contributed by atoms with Gasteiger partial charge in [-0.3, -0.25) is 9.59 Å². The third-order valence-electron chi connectivity index (χ3n) is 5.19. The molecule has 0 radical (unpaired) electrons. The van der Waals surface area contributed by atoms with E-state index in [1.807, 2.05) is 61.2 Å². The van der Waals surface area contributed by atoms with E-state index >= 15 is 0 Å². The van der Waals surface area contributed by atoms with Crippen molar-refractivity contribution in [1.29, 1.82) is 0 Å². The van der Waals surface area contributed by atoms with Crippen LogP contribution in [-0.2, 0) is 4.79 Å². The molecule has 26 heavy (non-hydrogen) atoms. The maximum Gasteiger partial charge on any atom is 0.253 e. The summed E-state index contributed by atoms with van der Waals surface area (Å²) in [5.41, 5.74) is 5.03. The number of piperidine rings is 1. The second kappa shape index (κ2) is 7.73. The van der Waals surface area contributed by atoms with Crippen molar-refractivity contribution in [2.75, 3.05) is 18.4 Å². The van der Waals surface area contributed by atoms with Crippen molar-refractivity contribution in [2.24, 2.45) is 5.92 Å². The van der Waals surface area contributed by atoms with Crippen LogP contribution in [0.15, 0.2) is 42.5 Å². The molecular weight excluding hydrogens is 324 g/mol. The summed E-state index contributed by atoms with van der Waals surface area (Å²) < 4.78 is 0. The predicted octanol–water partition coefficient (Wildman–Crippen LogP) is 4.10. The Hall–Kier alpha value is -2.62. The summed E-state index contributed by atoms with van der Waals surface area (Å²) in [5.74, 6) is 0.0655. The number of rotatable bonds is 3. The van der Waals surface area contributed by atoms with Gasteiger partial charge in [-0.25, -0.2) is 0 Å². The summed E-state index contributed by atoms with van der Waals surface area (Å²) in [7, 11) is 0. The lowest BCUT2D eigenvalue weighted by molar-refractivity contribution is -0.121. The minimum atomic E-state index is -0.0434. The van der Waals surface area contributed by atoms with Crippen LogP contribution in [0.3, 0.4) is 0 Å². The Balaban J connectivity index is 1.56. The van der Waals surface area contributed by atoms with E-state index in [4.69, 9.17) is 0 Å². The zero-order valence-electron chi connectivity index (χ0n) is 15.7. The monoisotopic (exact) mass is 350 g/mol. The molecule has 1 fully saturated rings. The van der Waals surface area contributed by atoms with Gasteiger partial charge in [-0.05, 0) is 69.0 Å². The average Bonchev–Trinajstić information content (AvgIpc) is 2.64. The molecule has 2 aromatic carbocycles. The van der Waals surface area contributed by atoms with Gasteiger partial charge in [0.1, 0.15) is 0 Å². The Labute approximate surface area is 155 Å². The van der Waals surface area contributed by atoms with Crippen molar-refractivity contribution < 1.29 is 9.59 Å². The van der Waals surface area contributed by atoms with Gasteiger partial charge in [0.05, 0.1) is 0 Å². The number of carbonyl (C=O) groups is 2. The molecule has 1 heterocycles. The Morgan fingerprint density at radius 1 is 0.962 bits per heavy atom. The van der Waals surface area contributed by atoms with Gasteiger partial charge >= 0.3 is 0 Å². The minimum Gasteiger partial charge on any atom is -0.339 e. The number of likely N-dealkylation sites (tertiary alicyclic amines) is 1. The molecule has 1 saturated heterocycles.